The Morgan fingerprint density at radius 2 is 2.15 bits per heavy atom. The lowest BCUT2D eigenvalue weighted by Gasteiger charge is -1.94. The van der Waals surface area contributed by atoms with Crippen LogP contribution < -0.4 is 0 Å². The van der Waals surface area contributed by atoms with Crippen LogP contribution in [0.4, 0.5) is 0 Å². The molecule has 0 saturated carbocycles. The van der Waals surface area contributed by atoms with Crippen LogP contribution in [-0.2, 0) is 14.3 Å². The van der Waals surface area contributed by atoms with Gasteiger partial charge in [0.15, 0.2) is 0 Å². The van der Waals surface area contributed by atoms with Gasteiger partial charge in [-0.25, -0.2) is 4.79 Å². The molecule has 0 heterocycles. The maximum Gasteiger partial charge on any atom is 0.330 e. The lowest BCUT2D eigenvalue weighted by molar-refractivity contribution is -0.138. The molecule has 0 aliphatic rings. The van der Waals surface area contributed by atoms with E-state index < -0.39 is 5.97 Å². The predicted octanol–water partition coefficient (Wildman–Crippen LogP) is 0.874. The molecule has 76 valence electrons. The first-order valence-corrected chi connectivity index (χ1v) is 3.85. The van der Waals surface area contributed by atoms with Crippen molar-refractivity contribution in [1.82, 2.24) is 0 Å². The minimum Gasteiger partial charge on any atom is -0.502 e. The Kier molecular flexibility index (Phi) is 14.6. The van der Waals surface area contributed by atoms with Gasteiger partial charge in [0.05, 0.1) is 19.5 Å². The van der Waals surface area contributed by atoms with Gasteiger partial charge in [0, 0.05) is 6.08 Å². The summed E-state index contributed by atoms with van der Waals surface area (Å²) in [5, 5.41) is 8.10. The first-order chi connectivity index (χ1) is 6.22. The van der Waals surface area contributed by atoms with Crippen LogP contribution in [0.3, 0.4) is 0 Å². The zero-order chi connectivity index (χ0) is 10.5. The fourth-order valence-electron chi connectivity index (χ4n) is 0.323. The third-order valence-corrected chi connectivity index (χ3v) is 0.787. The van der Waals surface area contributed by atoms with Crippen LogP contribution in [-0.4, -0.2) is 30.9 Å². The van der Waals surface area contributed by atoms with Gasteiger partial charge >= 0.3 is 5.97 Å². The molecular formula is C9H16O4. The second-order valence-corrected chi connectivity index (χ2v) is 1.72. The Labute approximate surface area is 78.5 Å². The van der Waals surface area contributed by atoms with E-state index in [1.807, 2.05) is 6.92 Å². The van der Waals surface area contributed by atoms with Gasteiger partial charge in [-0.3, -0.25) is 0 Å². The zero-order valence-corrected chi connectivity index (χ0v) is 7.86. The number of hydrogen-bond acceptors (Lipinski definition) is 4. The minimum absolute atomic E-state index is 0.0465. The van der Waals surface area contributed by atoms with Crippen LogP contribution >= 0.6 is 0 Å². The molecule has 0 bridgehead atoms. The van der Waals surface area contributed by atoms with Crippen molar-refractivity contribution in [2.24, 2.45) is 0 Å². The number of aliphatic hydroxyl groups excluding tert-OH is 1. The Bertz CT molecular complexity index is 143. The molecular weight excluding hydrogens is 172 g/mol. The number of carbonyl (C=O) groups excluding carboxylic acids is 1. The van der Waals surface area contributed by atoms with Gasteiger partial charge in [-0.05, 0) is 6.92 Å². The van der Waals surface area contributed by atoms with Gasteiger partial charge in [-0.15, -0.1) is 0 Å². The summed E-state index contributed by atoms with van der Waals surface area (Å²) >= 11 is 0. The molecule has 0 fully saturated rings. The highest BCUT2D eigenvalue weighted by Gasteiger charge is 1.90. The van der Waals surface area contributed by atoms with Crippen molar-refractivity contribution in [2.75, 3.05) is 19.8 Å². The molecule has 0 atom stereocenters. The van der Waals surface area contributed by atoms with Crippen LogP contribution in [0.15, 0.2) is 25.5 Å². The molecule has 13 heavy (non-hydrogen) atoms. The van der Waals surface area contributed by atoms with Gasteiger partial charge < -0.3 is 14.6 Å². The van der Waals surface area contributed by atoms with Gasteiger partial charge in [-0.1, -0.05) is 13.2 Å². The van der Waals surface area contributed by atoms with Crippen LogP contribution in [0.2, 0.25) is 0 Å². The molecule has 0 aromatic heterocycles. The van der Waals surface area contributed by atoms with Crippen molar-refractivity contribution in [3.8, 4) is 0 Å². The Hall–Kier alpha value is -1.29. The average Bonchev–Trinajstić information content (AvgIpc) is 2.16. The van der Waals surface area contributed by atoms with E-state index in [4.69, 9.17) is 5.11 Å². The summed E-state index contributed by atoms with van der Waals surface area (Å²) in [7, 11) is 0. The van der Waals surface area contributed by atoms with Gasteiger partial charge in [0.2, 0.25) is 0 Å². The Morgan fingerprint density at radius 1 is 1.54 bits per heavy atom. The molecule has 0 unspecified atom stereocenters. The maximum atomic E-state index is 10.1. The lowest BCUT2D eigenvalue weighted by atomic mass is 10.6. The molecule has 0 aromatic rings. The van der Waals surface area contributed by atoms with Crippen molar-refractivity contribution in [1.29, 1.82) is 0 Å². The number of carbonyl (C=O) groups is 1. The highest BCUT2D eigenvalue weighted by molar-refractivity contribution is 5.81. The Morgan fingerprint density at radius 3 is 2.38 bits per heavy atom. The number of rotatable bonds is 5. The quantitative estimate of drug-likeness (QED) is 0.395. The van der Waals surface area contributed by atoms with E-state index in [0.29, 0.717) is 0 Å². The molecule has 1 N–H and O–H groups in total. The number of aliphatic hydroxyl groups is 1. The van der Waals surface area contributed by atoms with Gasteiger partial charge in [0.25, 0.3) is 0 Å². The standard InChI is InChI=1S/C5H8O3.C4H8O/c1-2-5(7)8-4-3-6;1-3-5-4-2/h2,6H,1,3-4H2;3H,1,4H2,2H3. The lowest BCUT2D eigenvalue weighted by Crippen LogP contribution is -2.04. The van der Waals surface area contributed by atoms with Crippen molar-refractivity contribution < 1.29 is 19.4 Å². The van der Waals surface area contributed by atoms with Crippen molar-refractivity contribution in [3.05, 3.63) is 25.5 Å². The topological polar surface area (TPSA) is 55.8 Å². The third-order valence-electron chi connectivity index (χ3n) is 0.787. The molecule has 4 nitrogen and oxygen atoms in total. The summed E-state index contributed by atoms with van der Waals surface area (Å²) in [6, 6.07) is 0. The summed E-state index contributed by atoms with van der Waals surface area (Å²) in [6.45, 7) is 9.04. The Balaban J connectivity index is 0. The van der Waals surface area contributed by atoms with Crippen molar-refractivity contribution in [2.45, 2.75) is 6.92 Å². The molecule has 4 heteroatoms. The van der Waals surface area contributed by atoms with Gasteiger partial charge in [0.1, 0.15) is 6.61 Å². The summed E-state index contributed by atoms with van der Waals surface area (Å²) in [5.41, 5.74) is 0. The molecule has 0 radical (unpaired) electrons. The fourth-order valence-corrected chi connectivity index (χ4v) is 0.323. The van der Waals surface area contributed by atoms with E-state index in [-0.39, 0.29) is 13.2 Å². The fraction of sp³-hybridized carbons (Fsp3) is 0.444. The van der Waals surface area contributed by atoms with Crippen LogP contribution in [0.25, 0.3) is 0 Å². The van der Waals surface area contributed by atoms with E-state index in [2.05, 4.69) is 22.6 Å². The second-order valence-electron chi connectivity index (χ2n) is 1.72. The SMILES string of the molecule is C=CC(=O)OCCO.C=COCC. The highest BCUT2D eigenvalue weighted by atomic mass is 16.5. The van der Waals surface area contributed by atoms with E-state index in [1.54, 1.807) is 0 Å². The molecule has 0 saturated heterocycles. The van der Waals surface area contributed by atoms with Crippen molar-refractivity contribution >= 4 is 5.97 Å². The summed E-state index contributed by atoms with van der Waals surface area (Å²) in [6.07, 6.45) is 2.48. The molecule has 0 rings (SSSR count). The molecule has 0 spiro atoms. The third kappa shape index (κ3) is 18.0. The molecule has 0 aromatic carbocycles. The largest absolute Gasteiger partial charge is 0.502 e. The zero-order valence-electron chi connectivity index (χ0n) is 7.86. The van der Waals surface area contributed by atoms with Crippen molar-refractivity contribution in [3.63, 3.8) is 0 Å². The highest BCUT2D eigenvalue weighted by Crippen LogP contribution is 1.75. The average molecular weight is 188 g/mol. The second kappa shape index (κ2) is 13.3. The molecule has 0 aliphatic heterocycles. The van der Waals surface area contributed by atoms with E-state index in [0.717, 1.165) is 12.7 Å². The van der Waals surface area contributed by atoms with Crippen LogP contribution in [0.1, 0.15) is 6.92 Å². The van der Waals surface area contributed by atoms with Crippen LogP contribution in [0, 0.1) is 0 Å². The number of esters is 1. The van der Waals surface area contributed by atoms with Gasteiger partial charge in [-0.2, -0.15) is 0 Å². The predicted molar refractivity (Wildman–Crippen MR) is 50.1 cm³/mol. The summed E-state index contributed by atoms with van der Waals surface area (Å²) in [4.78, 5) is 10.1. The maximum absolute atomic E-state index is 10.1. The number of hydrogen-bond donors (Lipinski definition) is 1. The first-order valence-electron chi connectivity index (χ1n) is 3.85. The smallest absolute Gasteiger partial charge is 0.330 e. The minimum atomic E-state index is -0.501. The van der Waals surface area contributed by atoms with E-state index >= 15 is 0 Å². The van der Waals surface area contributed by atoms with E-state index in [1.165, 1.54) is 6.26 Å². The summed E-state index contributed by atoms with van der Waals surface area (Å²) < 4.78 is 8.93. The summed E-state index contributed by atoms with van der Waals surface area (Å²) in [5.74, 6) is -0.501. The first kappa shape index (κ1) is 14.2. The van der Waals surface area contributed by atoms with Crippen LogP contribution in [0.5, 0.6) is 0 Å². The molecule has 0 amide bonds. The molecule has 0 aliphatic carbocycles. The monoisotopic (exact) mass is 188 g/mol. The van der Waals surface area contributed by atoms with E-state index in [9.17, 15) is 4.79 Å². The number of ether oxygens (including phenoxy) is 2. The normalized spacial score (nSPS) is 7.54.